The minimum absolute atomic E-state index is 0.0438. The Bertz CT molecular complexity index is 607. The molecule has 26 heavy (non-hydrogen) atoms. The number of ether oxygens (including phenoxy) is 1. The van der Waals surface area contributed by atoms with Crippen LogP contribution < -0.4 is 4.74 Å². The van der Waals surface area contributed by atoms with E-state index >= 15 is 0 Å². The number of nitrogens with zero attached hydrogens (tertiary/aromatic N) is 2. The smallest absolute Gasteiger partial charge is 0.254 e. The maximum absolute atomic E-state index is 12.9. The van der Waals surface area contributed by atoms with E-state index in [-0.39, 0.29) is 11.8 Å². The van der Waals surface area contributed by atoms with Gasteiger partial charge in [-0.1, -0.05) is 26.8 Å². The van der Waals surface area contributed by atoms with Crippen LogP contribution in [0.3, 0.4) is 0 Å². The number of likely N-dealkylation sites (tertiary alicyclic amines) is 1. The summed E-state index contributed by atoms with van der Waals surface area (Å²) in [4.78, 5) is 29.2. The Morgan fingerprint density at radius 1 is 1.27 bits per heavy atom. The summed E-state index contributed by atoms with van der Waals surface area (Å²) in [6.07, 6.45) is 2.53. The van der Waals surface area contributed by atoms with Crippen LogP contribution in [0.25, 0.3) is 0 Å². The Kier molecular flexibility index (Phi) is 7.49. The van der Waals surface area contributed by atoms with Crippen LogP contribution in [0.2, 0.25) is 0 Å². The Balaban J connectivity index is 1.99. The van der Waals surface area contributed by atoms with E-state index in [1.54, 1.807) is 24.1 Å². The molecular formula is C21H32N2O3. The van der Waals surface area contributed by atoms with Crippen LogP contribution in [0.4, 0.5) is 0 Å². The molecule has 2 rings (SSSR count). The molecule has 1 heterocycles. The molecule has 0 N–H and O–H groups in total. The summed E-state index contributed by atoms with van der Waals surface area (Å²) in [5, 5.41) is 0. The number of hydrogen-bond acceptors (Lipinski definition) is 3. The van der Waals surface area contributed by atoms with Gasteiger partial charge in [-0.25, -0.2) is 0 Å². The number of amides is 2. The lowest BCUT2D eigenvalue weighted by Gasteiger charge is -2.31. The number of piperidine rings is 1. The van der Waals surface area contributed by atoms with Gasteiger partial charge in [0.05, 0.1) is 7.11 Å². The van der Waals surface area contributed by atoms with Crippen LogP contribution in [0.5, 0.6) is 5.75 Å². The largest absolute Gasteiger partial charge is 0.497 e. The number of methoxy groups -OCH3 is 1. The monoisotopic (exact) mass is 360 g/mol. The number of carbonyl (C=O) groups is 2. The lowest BCUT2D eigenvalue weighted by Crippen LogP contribution is -2.41. The van der Waals surface area contributed by atoms with E-state index in [4.69, 9.17) is 4.74 Å². The van der Waals surface area contributed by atoms with Gasteiger partial charge in [-0.3, -0.25) is 9.59 Å². The second kappa shape index (κ2) is 9.60. The van der Waals surface area contributed by atoms with Gasteiger partial charge in [0.25, 0.3) is 5.91 Å². The molecule has 0 spiro atoms. The third kappa shape index (κ3) is 5.75. The van der Waals surface area contributed by atoms with Crippen molar-refractivity contribution in [3.63, 3.8) is 0 Å². The van der Waals surface area contributed by atoms with Crippen LogP contribution in [0.1, 0.15) is 50.4 Å². The SMILES string of the molecule is COc1cccc(C(=O)N(CCC(=O)N2CCC(C)CC2)CC(C)C)c1. The lowest BCUT2D eigenvalue weighted by atomic mass is 9.99. The molecule has 144 valence electrons. The van der Waals surface area contributed by atoms with Gasteiger partial charge in [0.15, 0.2) is 0 Å². The highest BCUT2D eigenvalue weighted by Crippen LogP contribution is 2.18. The van der Waals surface area contributed by atoms with E-state index < -0.39 is 0 Å². The Morgan fingerprint density at radius 2 is 1.96 bits per heavy atom. The lowest BCUT2D eigenvalue weighted by molar-refractivity contribution is -0.132. The number of carbonyl (C=O) groups excluding carboxylic acids is 2. The van der Waals surface area contributed by atoms with Crippen molar-refractivity contribution in [2.75, 3.05) is 33.3 Å². The summed E-state index contributed by atoms with van der Waals surface area (Å²) in [5.74, 6) is 1.82. The number of hydrogen-bond donors (Lipinski definition) is 0. The van der Waals surface area contributed by atoms with Crippen LogP contribution in [0, 0.1) is 11.8 Å². The van der Waals surface area contributed by atoms with Gasteiger partial charge >= 0.3 is 0 Å². The maximum Gasteiger partial charge on any atom is 0.254 e. The van der Waals surface area contributed by atoms with E-state index in [0.29, 0.717) is 42.7 Å². The summed E-state index contributed by atoms with van der Waals surface area (Å²) < 4.78 is 5.22. The first-order valence-electron chi connectivity index (χ1n) is 9.61. The van der Waals surface area contributed by atoms with E-state index in [9.17, 15) is 9.59 Å². The molecule has 1 fully saturated rings. The highest BCUT2D eigenvalue weighted by molar-refractivity contribution is 5.94. The van der Waals surface area contributed by atoms with E-state index in [0.717, 1.165) is 25.9 Å². The second-order valence-corrected chi connectivity index (χ2v) is 7.69. The molecule has 1 aromatic carbocycles. The zero-order valence-electron chi connectivity index (χ0n) is 16.5. The normalized spacial score (nSPS) is 15.2. The van der Waals surface area contributed by atoms with Crippen molar-refractivity contribution in [3.8, 4) is 5.75 Å². The molecule has 1 aliphatic heterocycles. The van der Waals surface area contributed by atoms with Crippen molar-refractivity contribution in [2.45, 2.75) is 40.0 Å². The van der Waals surface area contributed by atoms with Gasteiger partial charge in [0, 0.05) is 38.2 Å². The van der Waals surface area contributed by atoms with Crippen LogP contribution in [-0.2, 0) is 4.79 Å². The van der Waals surface area contributed by atoms with Gasteiger partial charge in [-0.05, 0) is 42.9 Å². The highest BCUT2D eigenvalue weighted by atomic mass is 16.5. The van der Waals surface area contributed by atoms with Crippen LogP contribution in [0.15, 0.2) is 24.3 Å². The summed E-state index contributed by atoms with van der Waals surface area (Å²) >= 11 is 0. The molecule has 2 amide bonds. The number of benzene rings is 1. The summed E-state index contributed by atoms with van der Waals surface area (Å²) in [6.45, 7) is 9.18. The fourth-order valence-electron chi connectivity index (χ4n) is 3.30. The quantitative estimate of drug-likeness (QED) is 0.748. The maximum atomic E-state index is 12.9. The Morgan fingerprint density at radius 3 is 2.58 bits per heavy atom. The summed E-state index contributed by atoms with van der Waals surface area (Å²) in [5.41, 5.74) is 0.601. The Labute approximate surface area is 157 Å². The van der Waals surface area contributed by atoms with Crippen molar-refractivity contribution >= 4 is 11.8 Å². The third-order valence-corrected chi connectivity index (χ3v) is 4.92. The highest BCUT2D eigenvalue weighted by Gasteiger charge is 2.23. The predicted molar refractivity (Wildman–Crippen MR) is 103 cm³/mol. The Hall–Kier alpha value is -2.04. The van der Waals surface area contributed by atoms with E-state index in [1.165, 1.54) is 0 Å². The minimum atomic E-state index is -0.0438. The first-order valence-corrected chi connectivity index (χ1v) is 9.61. The van der Waals surface area contributed by atoms with E-state index in [1.807, 2.05) is 17.0 Å². The van der Waals surface area contributed by atoms with Gasteiger partial charge in [0.1, 0.15) is 5.75 Å². The zero-order chi connectivity index (χ0) is 19.1. The molecule has 5 nitrogen and oxygen atoms in total. The summed E-state index contributed by atoms with van der Waals surface area (Å²) in [7, 11) is 1.59. The molecule has 0 saturated carbocycles. The average molecular weight is 360 g/mol. The van der Waals surface area contributed by atoms with Gasteiger partial charge in [-0.15, -0.1) is 0 Å². The topological polar surface area (TPSA) is 49.9 Å². The molecule has 1 saturated heterocycles. The first-order chi connectivity index (χ1) is 12.4. The van der Waals surface area contributed by atoms with Crippen molar-refractivity contribution < 1.29 is 14.3 Å². The van der Waals surface area contributed by atoms with Crippen LogP contribution in [-0.4, -0.2) is 54.9 Å². The molecule has 5 heteroatoms. The predicted octanol–water partition coefficient (Wildman–Crippen LogP) is 3.44. The average Bonchev–Trinajstić information content (AvgIpc) is 2.64. The molecule has 0 aliphatic carbocycles. The zero-order valence-corrected chi connectivity index (χ0v) is 16.5. The van der Waals surface area contributed by atoms with Crippen molar-refractivity contribution in [1.82, 2.24) is 9.80 Å². The van der Waals surface area contributed by atoms with Crippen LogP contribution >= 0.6 is 0 Å². The van der Waals surface area contributed by atoms with Gasteiger partial charge in [-0.2, -0.15) is 0 Å². The minimum Gasteiger partial charge on any atom is -0.497 e. The molecule has 0 unspecified atom stereocenters. The number of rotatable bonds is 7. The summed E-state index contributed by atoms with van der Waals surface area (Å²) in [6, 6.07) is 7.19. The van der Waals surface area contributed by atoms with Gasteiger partial charge in [0.2, 0.25) is 5.91 Å². The standard InChI is InChI=1S/C21H32N2O3/c1-16(2)15-23(21(25)18-6-5-7-19(14-18)26-4)13-10-20(24)22-11-8-17(3)9-12-22/h5-7,14,16-17H,8-13,15H2,1-4H3. The molecule has 0 aromatic heterocycles. The molecule has 0 bridgehead atoms. The third-order valence-electron chi connectivity index (χ3n) is 4.92. The van der Waals surface area contributed by atoms with E-state index in [2.05, 4.69) is 20.8 Å². The van der Waals surface area contributed by atoms with Crippen molar-refractivity contribution in [3.05, 3.63) is 29.8 Å². The molecule has 0 radical (unpaired) electrons. The molecule has 0 atom stereocenters. The van der Waals surface area contributed by atoms with Gasteiger partial charge < -0.3 is 14.5 Å². The van der Waals surface area contributed by atoms with Crippen molar-refractivity contribution in [1.29, 1.82) is 0 Å². The molecule has 1 aromatic rings. The fraction of sp³-hybridized carbons (Fsp3) is 0.619. The second-order valence-electron chi connectivity index (χ2n) is 7.69. The van der Waals surface area contributed by atoms with Crippen molar-refractivity contribution in [2.24, 2.45) is 11.8 Å². The first kappa shape index (κ1) is 20.3. The molecular weight excluding hydrogens is 328 g/mol. The fourth-order valence-corrected chi connectivity index (χ4v) is 3.30. The molecule has 1 aliphatic rings.